The van der Waals surface area contributed by atoms with Crippen LogP contribution in [0.4, 0.5) is 0 Å². The van der Waals surface area contributed by atoms with Crippen molar-refractivity contribution in [3.63, 3.8) is 0 Å². The van der Waals surface area contributed by atoms with E-state index in [1.807, 2.05) is 29.2 Å². The quantitative estimate of drug-likeness (QED) is 0.805. The van der Waals surface area contributed by atoms with E-state index in [2.05, 4.69) is 17.1 Å². The van der Waals surface area contributed by atoms with E-state index in [1.165, 1.54) is 5.56 Å². The standard InChI is InChI=1S/C13H18N4/c14-6-5-11-3-1-2-4-12(11)13-9-17(8-7-15)10-16-13/h1-4,9-10H,5-8,14-15H2. The van der Waals surface area contributed by atoms with Crippen LogP contribution in [0.5, 0.6) is 0 Å². The van der Waals surface area contributed by atoms with E-state index in [1.54, 1.807) is 0 Å². The average Bonchev–Trinajstić information content (AvgIpc) is 2.79. The van der Waals surface area contributed by atoms with Gasteiger partial charge in [-0.2, -0.15) is 0 Å². The zero-order valence-electron chi connectivity index (χ0n) is 9.84. The Morgan fingerprint density at radius 1 is 1.12 bits per heavy atom. The second-order valence-corrected chi connectivity index (χ2v) is 3.98. The van der Waals surface area contributed by atoms with Gasteiger partial charge in [-0.3, -0.25) is 0 Å². The zero-order chi connectivity index (χ0) is 12.1. The molecule has 0 atom stereocenters. The summed E-state index contributed by atoms with van der Waals surface area (Å²) in [5, 5.41) is 0. The van der Waals surface area contributed by atoms with Crippen LogP contribution < -0.4 is 11.5 Å². The Morgan fingerprint density at radius 2 is 1.94 bits per heavy atom. The van der Waals surface area contributed by atoms with E-state index in [9.17, 15) is 0 Å². The highest BCUT2D eigenvalue weighted by Crippen LogP contribution is 2.21. The molecule has 2 rings (SSSR count). The maximum atomic E-state index is 5.62. The Labute approximate surface area is 101 Å². The van der Waals surface area contributed by atoms with Gasteiger partial charge in [0.15, 0.2) is 0 Å². The fourth-order valence-corrected chi connectivity index (χ4v) is 1.91. The fourth-order valence-electron chi connectivity index (χ4n) is 1.91. The number of nitrogens with zero attached hydrogens (tertiary/aromatic N) is 2. The molecule has 0 spiro atoms. The summed E-state index contributed by atoms with van der Waals surface area (Å²) in [7, 11) is 0. The van der Waals surface area contributed by atoms with Gasteiger partial charge in [-0.25, -0.2) is 4.98 Å². The van der Waals surface area contributed by atoms with Gasteiger partial charge in [-0.05, 0) is 18.5 Å². The molecule has 1 aromatic carbocycles. The van der Waals surface area contributed by atoms with Crippen LogP contribution in [0.15, 0.2) is 36.8 Å². The molecule has 0 aliphatic carbocycles. The Morgan fingerprint density at radius 3 is 2.71 bits per heavy atom. The van der Waals surface area contributed by atoms with Crippen LogP contribution >= 0.6 is 0 Å². The summed E-state index contributed by atoms with van der Waals surface area (Å²) in [5.41, 5.74) is 14.5. The highest BCUT2D eigenvalue weighted by atomic mass is 15.0. The predicted molar refractivity (Wildman–Crippen MR) is 69.5 cm³/mol. The zero-order valence-corrected chi connectivity index (χ0v) is 9.84. The molecule has 2 aromatic rings. The summed E-state index contributed by atoms with van der Waals surface area (Å²) in [5.74, 6) is 0. The molecule has 0 aliphatic rings. The molecule has 0 amide bonds. The second kappa shape index (κ2) is 5.61. The number of imidazole rings is 1. The fraction of sp³-hybridized carbons (Fsp3) is 0.308. The number of hydrogen-bond donors (Lipinski definition) is 2. The molecule has 0 bridgehead atoms. The first-order valence-corrected chi connectivity index (χ1v) is 5.85. The summed E-state index contributed by atoms with van der Waals surface area (Å²) < 4.78 is 2.01. The lowest BCUT2D eigenvalue weighted by Gasteiger charge is -2.05. The summed E-state index contributed by atoms with van der Waals surface area (Å²) in [6, 6.07) is 8.24. The Balaban J connectivity index is 2.31. The minimum Gasteiger partial charge on any atom is -0.336 e. The van der Waals surface area contributed by atoms with E-state index < -0.39 is 0 Å². The van der Waals surface area contributed by atoms with Crippen LogP contribution in [0.2, 0.25) is 0 Å². The number of hydrogen-bond acceptors (Lipinski definition) is 3. The van der Waals surface area contributed by atoms with Gasteiger partial charge in [0.2, 0.25) is 0 Å². The van der Waals surface area contributed by atoms with Crippen molar-refractivity contribution >= 4 is 0 Å². The van der Waals surface area contributed by atoms with Crippen molar-refractivity contribution in [2.24, 2.45) is 11.5 Å². The highest BCUT2D eigenvalue weighted by Gasteiger charge is 2.06. The Hall–Kier alpha value is -1.65. The Bertz CT molecular complexity index is 476. The largest absolute Gasteiger partial charge is 0.336 e. The molecule has 0 saturated carbocycles. The minimum absolute atomic E-state index is 0.625. The normalized spacial score (nSPS) is 10.7. The first kappa shape index (κ1) is 11.8. The number of nitrogens with two attached hydrogens (primary N) is 2. The molecule has 0 fully saturated rings. The molecule has 4 N–H and O–H groups in total. The van der Waals surface area contributed by atoms with Gasteiger partial charge in [0.1, 0.15) is 0 Å². The van der Waals surface area contributed by atoms with E-state index in [-0.39, 0.29) is 0 Å². The van der Waals surface area contributed by atoms with Crippen molar-refractivity contribution in [1.82, 2.24) is 9.55 Å². The third-order valence-corrected chi connectivity index (χ3v) is 2.73. The summed E-state index contributed by atoms with van der Waals surface area (Å²) in [6.07, 6.45) is 4.73. The van der Waals surface area contributed by atoms with E-state index in [0.29, 0.717) is 13.1 Å². The van der Waals surface area contributed by atoms with Crippen molar-refractivity contribution < 1.29 is 0 Å². The Kier molecular flexibility index (Phi) is 3.90. The molecule has 0 radical (unpaired) electrons. The molecule has 1 heterocycles. The van der Waals surface area contributed by atoms with E-state index in [0.717, 1.165) is 24.2 Å². The summed E-state index contributed by atoms with van der Waals surface area (Å²) in [4.78, 5) is 4.41. The minimum atomic E-state index is 0.625. The van der Waals surface area contributed by atoms with Crippen molar-refractivity contribution in [2.75, 3.05) is 13.1 Å². The molecular weight excluding hydrogens is 212 g/mol. The average molecular weight is 230 g/mol. The van der Waals surface area contributed by atoms with Gasteiger partial charge in [0, 0.05) is 24.8 Å². The van der Waals surface area contributed by atoms with Crippen LogP contribution in [-0.4, -0.2) is 22.6 Å². The molecule has 17 heavy (non-hydrogen) atoms. The molecule has 1 aromatic heterocycles. The lowest BCUT2D eigenvalue weighted by atomic mass is 10.0. The smallest absolute Gasteiger partial charge is 0.0954 e. The second-order valence-electron chi connectivity index (χ2n) is 3.98. The highest BCUT2D eigenvalue weighted by molar-refractivity contribution is 5.63. The maximum Gasteiger partial charge on any atom is 0.0954 e. The molecule has 0 unspecified atom stereocenters. The molecule has 0 aliphatic heterocycles. The summed E-state index contributed by atoms with van der Waals surface area (Å²) in [6.45, 7) is 2.08. The van der Waals surface area contributed by atoms with E-state index in [4.69, 9.17) is 11.5 Å². The van der Waals surface area contributed by atoms with Gasteiger partial charge in [-0.15, -0.1) is 0 Å². The van der Waals surface area contributed by atoms with Crippen LogP contribution in [-0.2, 0) is 13.0 Å². The molecule has 4 heteroatoms. The van der Waals surface area contributed by atoms with Gasteiger partial charge >= 0.3 is 0 Å². The number of aromatic nitrogens is 2. The van der Waals surface area contributed by atoms with E-state index >= 15 is 0 Å². The third kappa shape index (κ3) is 2.72. The number of benzene rings is 1. The van der Waals surface area contributed by atoms with Crippen molar-refractivity contribution in [2.45, 2.75) is 13.0 Å². The summed E-state index contributed by atoms with van der Waals surface area (Å²) >= 11 is 0. The van der Waals surface area contributed by atoms with Crippen LogP contribution in [0.3, 0.4) is 0 Å². The maximum absolute atomic E-state index is 5.62. The SMILES string of the molecule is NCCc1ccccc1-c1cn(CCN)cn1. The van der Waals surface area contributed by atoms with Gasteiger partial charge in [0.25, 0.3) is 0 Å². The molecule has 90 valence electrons. The van der Waals surface area contributed by atoms with Crippen LogP contribution in [0.25, 0.3) is 11.3 Å². The lowest BCUT2D eigenvalue weighted by molar-refractivity contribution is 0.708. The van der Waals surface area contributed by atoms with Crippen molar-refractivity contribution in [1.29, 1.82) is 0 Å². The predicted octanol–water partition coefficient (Wildman–Crippen LogP) is 1.01. The number of rotatable bonds is 5. The third-order valence-electron chi connectivity index (χ3n) is 2.73. The van der Waals surface area contributed by atoms with Gasteiger partial charge in [-0.1, -0.05) is 24.3 Å². The first-order valence-electron chi connectivity index (χ1n) is 5.85. The van der Waals surface area contributed by atoms with Crippen LogP contribution in [0, 0.1) is 0 Å². The molecular formula is C13H18N4. The van der Waals surface area contributed by atoms with Gasteiger partial charge in [0.05, 0.1) is 12.0 Å². The monoisotopic (exact) mass is 230 g/mol. The first-order chi connectivity index (χ1) is 8.35. The van der Waals surface area contributed by atoms with Crippen LogP contribution in [0.1, 0.15) is 5.56 Å². The van der Waals surface area contributed by atoms with Crippen molar-refractivity contribution in [3.05, 3.63) is 42.4 Å². The molecule has 4 nitrogen and oxygen atoms in total. The topological polar surface area (TPSA) is 69.9 Å². The molecule has 0 saturated heterocycles. The van der Waals surface area contributed by atoms with Crippen molar-refractivity contribution in [3.8, 4) is 11.3 Å². The van der Waals surface area contributed by atoms with Gasteiger partial charge < -0.3 is 16.0 Å². The lowest BCUT2D eigenvalue weighted by Crippen LogP contribution is -2.07.